The van der Waals surface area contributed by atoms with Gasteiger partial charge in [-0.3, -0.25) is 9.78 Å². The van der Waals surface area contributed by atoms with Gasteiger partial charge in [0.05, 0.1) is 15.2 Å². The first-order valence-electron chi connectivity index (χ1n) is 9.29. The van der Waals surface area contributed by atoms with E-state index >= 15 is 0 Å². The molecule has 2 saturated carbocycles. The van der Waals surface area contributed by atoms with Crippen LogP contribution in [0.15, 0.2) is 36.5 Å². The molecule has 2 fully saturated rings. The molecule has 0 atom stereocenters. The van der Waals surface area contributed by atoms with Crippen LogP contribution in [0.25, 0.3) is 10.2 Å². The van der Waals surface area contributed by atoms with E-state index in [1.54, 1.807) is 23.6 Å². The number of benzene rings is 1. The van der Waals surface area contributed by atoms with Crippen LogP contribution in [0.1, 0.15) is 52.7 Å². The average Bonchev–Trinajstić information content (AvgIpc) is 2.98. The van der Waals surface area contributed by atoms with Gasteiger partial charge in [-0.15, -0.1) is 11.3 Å². The van der Waals surface area contributed by atoms with Crippen molar-refractivity contribution in [2.75, 3.05) is 0 Å². The Morgan fingerprint density at radius 3 is 2.81 bits per heavy atom. The second kappa shape index (κ2) is 6.28. The molecule has 1 spiro atoms. The molecule has 138 valence electrons. The predicted molar refractivity (Wildman–Crippen MR) is 109 cm³/mol. The summed E-state index contributed by atoms with van der Waals surface area (Å²) in [6.07, 6.45) is 6.21. The number of fused-ring (bicyclic) bond motifs is 1. The molecule has 6 heteroatoms. The Balaban J connectivity index is 1.18. The van der Waals surface area contributed by atoms with Crippen LogP contribution in [-0.4, -0.2) is 21.9 Å². The van der Waals surface area contributed by atoms with Gasteiger partial charge in [0, 0.05) is 34.4 Å². The zero-order chi connectivity index (χ0) is 18.6. The van der Waals surface area contributed by atoms with Crippen LogP contribution in [0, 0.1) is 12.3 Å². The van der Waals surface area contributed by atoms with Gasteiger partial charge in [0.25, 0.3) is 5.91 Å². The molecule has 0 aliphatic heterocycles. The standard InChI is InChI=1S/C21H20ClN3OS/c1-12-6-13(4-5-23-12)19(26)24-16-10-21(11-16)8-14(9-21)20-25-17-7-15(22)2-3-18(17)27-20/h2-7,14,16H,8-11H2,1H3,(H,24,26). The summed E-state index contributed by atoms with van der Waals surface area (Å²) in [6, 6.07) is 9.83. The maximum atomic E-state index is 12.4. The molecule has 0 radical (unpaired) electrons. The summed E-state index contributed by atoms with van der Waals surface area (Å²) in [5.74, 6) is 0.569. The van der Waals surface area contributed by atoms with Crippen molar-refractivity contribution in [3.63, 3.8) is 0 Å². The third-order valence-electron chi connectivity index (χ3n) is 5.93. The number of nitrogens with one attached hydrogen (secondary N) is 1. The Kier molecular flexibility index (Phi) is 3.99. The summed E-state index contributed by atoms with van der Waals surface area (Å²) in [5.41, 5.74) is 2.98. The molecule has 2 heterocycles. The lowest BCUT2D eigenvalue weighted by molar-refractivity contribution is -0.0187. The molecule has 5 rings (SSSR count). The number of hydrogen-bond acceptors (Lipinski definition) is 4. The molecule has 3 aromatic rings. The summed E-state index contributed by atoms with van der Waals surface area (Å²) in [6.45, 7) is 1.90. The largest absolute Gasteiger partial charge is 0.349 e. The highest BCUT2D eigenvalue weighted by Gasteiger charge is 2.54. The molecule has 2 aliphatic rings. The van der Waals surface area contributed by atoms with E-state index in [1.165, 1.54) is 22.5 Å². The average molecular weight is 398 g/mol. The second-order valence-corrected chi connectivity index (χ2v) is 9.53. The topological polar surface area (TPSA) is 54.9 Å². The fraction of sp³-hybridized carbons (Fsp3) is 0.381. The Hall–Kier alpha value is -1.98. The number of rotatable bonds is 3. The minimum atomic E-state index is 0.0132. The highest BCUT2D eigenvalue weighted by molar-refractivity contribution is 7.18. The van der Waals surface area contributed by atoms with E-state index in [4.69, 9.17) is 16.6 Å². The Bertz CT molecular complexity index is 1030. The number of hydrogen-bond donors (Lipinski definition) is 1. The lowest BCUT2D eigenvalue weighted by Crippen LogP contribution is -2.55. The number of thiazole rings is 1. The van der Waals surface area contributed by atoms with Gasteiger partial charge in [-0.05, 0) is 68.4 Å². The second-order valence-electron chi connectivity index (χ2n) is 8.03. The highest BCUT2D eigenvalue weighted by atomic mass is 35.5. The number of halogens is 1. The number of pyridine rings is 1. The van der Waals surface area contributed by atoms with Gasteiger partial charge in [-0.25, -0.2) is 4.98 Å². The zero-order valence-electron chi connectivity index (χ0n) is 15.0. The van der Waals surface area contributed by atoms with Crippen LogP contribution >= 0.6 is 22.9 Å². The number of carbonyl (C=O) groups is 1. The number of carbonyl (C=O) groups excluding carboxylic acids is 1. The molecule has 0 saturated heterocycles. The molecule has 1 aromatic carbocycles. The van der Waals surface area contributed by atoms with Gasteiger partial charge in [0.2, 0.25) is 0 Å². The smallest absolute Gasteiger partial charge is 0.251 e. The van der Waals surface area contributed by atoms with E-state index in [0.29, 0.717) is 22.9 Å². The molecule has 4 nitrogen and oxygen atoms in total. The Morgan fingerprint density at radius 1 is 1.22 bits per heavy atom. The Labute approximate surface area is 167 Å². The summed E-state index contributed by atoms with van der Waals surface area (Å²) < 4.78 is 1.21. The van der Waals surface area contributed by atoms with Crippen LogP contribution < -0.4 is 5.32 Å². The van der Waals surface area contributed by atoms with E-state index in [0.717, 1.165) is 29.1 Å². The van der Waals surface area contributed by atoms with E-state index in [2.05, 4.69) is 16.4 Å². The first kappa shape index (κ1) is 17.1. The molecular weight excluding hydrogens is 378 g/mol. The lowest BCUT2D eigenvalue weighted by atomic mass is 9.50. The molecule has 1 amide bonds. The maximum absolute atomic E-state index is 12.4. The molecular formula is C21H20ClN3OS. The van der Waals surface area contributed by atoms with Crippen molar-refractivity contribution < 1.29 is 4.79 Å². The molecule has 2 aliphatic carbocycles. The van der Waals surface area contributed by atoms with Crippen molar-refractivity contribution in [1.82, 2.24) is 15.3 Å². The van der Waals surface area contributed by atoms with Crippen molar-refractivity contribution in [3.05, 3.63) is 57.8 Å². The van der Waals surface area contributed by atoms with Crippen molar-refractivity contribution >= 4 is 39.1 Å². The lowest BCUT2D eigenvalue weighted by Gasteiger charge is -2.57. The first-order chi connectivity index (χ1) is 13.0. The van der Waals surface area contributed by atoms with Crippen molar-refractivity contribution in [1.29, 1.82) is 0 Å². The maximum Gasteiger partial charge on any atom is 0.251 e. The molecule has 2 aromatic heterocycles. The minimum Gasteiger partial charge on any atom is -0.349 e. The van der Waals surface area contributed by atoms with Gasteiger partial charge < -0.3 is 5.32 Å². The normalized spacial score (nSPS) is 26.6. The monoisotopic (exact) mass is 397 g/mol. The van der Waals surface area contributed by atoms with E-state index in [1.807, 2.05) is 25.1 Å². The van der Waals surface area contributed by atoms with E-state index in [9.17, 15) is 4.79 Å². The summed E-state index contributed by atoms with van der Waals surface area (Å²) in [4.78, 5) is 21.3. The van der Waals surface area contributed by atoms with Gasteiger partial charge >= 0.3 is 0 Å². The van der Waals surface area contributed by atoms with Gasteiger partial charge in [0.15, 0.2) is 0 Å². The number of aromatic nitrogens is 2. The highest BCUT2D eigenvalue weighted by Crippen LogP contribution is 2.62. The fourth-order valence-corrected chi connectivity index (χ4v) is 5.84. The third kappa shape index (κ3) is 3.13. The summed E-state index contributed by atoms with van der Waals surface area (Å²) >= 11 is 7.86. The first-order valence-corrected chi connectivity index (χ1v) is 10.5. The zero-order valence-corrected chi connectivity index (χ0v) is 16.6. The van der Waals surface area contributed by atoms with Crippen LogP contribution in [0.5, 0.6) is 0 Å². The van der Waals surface area contributed by atoms with Crippen LogP contribution in [-0.2, 0) is 0 Å². The molecule has 1 N–H and O–H groups in total. The fourth-order valence-electron chi connectivity index (χ4n) is 4.63. The number of amides is 1. The van der Waals surface area contributed by atoms with Crippen LogP contribution in [0.2, 0.25) is 5.02 Å². The van der Waals surface area contributed by atoms with Gasteiger partial charge in [-0.1, -0.05) is 11.6 Å². The number of nitrogens with zero attached hydrogens (tertiary/aromatic N) is 2. The van der Waals surface area contributed by atoms with E-state index < -0.39 is 0 Å². The molecule has 0 unspecified atom stereocenters. The van der Waals surface area contributed by atoms with E-state index in [-0.39, 0.29) is 5.91 Å². The van der Waals surface area contributed by atoms with Crippen LogP contribution in [0.4, 0.5) is 0 Å². The number of aryl methyl sites for hydroxylation is 1. The van der Waals surface area contributed by atoms with Crippen LogP contribution in [0.3, 0.4) is 0 Å². The van der Waals surface area contributed by atoms with Crippen molar-refractivity contribution in [2.24, 2.45) is 5.41 Å². The quantitative estimate of drug-likeness (QED) is 0.668. The van der Waals surface area contributed by atoms with Gasteiger partial charge in [0.1, 0.15) is 0 Å². The summed E-state index contributed by atoms with van der Waals surface area (Å²) in [7, 11) is 0. The van der Waals surface area contributed by atoms with Crippen molar-refractivity contribution in [3.8, 4) is 0 Å². The van der Waals surface area contributed by atoms with Crippen molar-refractivity contribution in [2.45, 2.75) is 44.6 Å². The van der Waals surface area contributed by atoms with Gasteiger partial charge in [-0.2, -0.15) is 0 Å². The summed E-state index contributed by atoms with van der Waals surface area (Å²) in [5, 5.41) is 5.15. The third-order valence-corrected chi connectivity index (χ3v) is 7.36. The Morgan fingerprint density at radius 2 is 2.04 bits per heavy atom. The molecule has 0 bridgehead atoms. The SMILES string of the molecule is Cc1cc(C(=O)NC2CC3(C2)CC(c2nc4cc(Cl)ccc4s2)C3)ccn1. The predicted octanol–water partition coefficient (Wildman–Crippen LogP) is 5.11. The minimum absolute atomic E-state index is 0.0132. The molecule has 27 heavy (non-hydrogen) atoms.